The number of aromatic nitrogens is 1. The number of para-hydroxylation sites is 1. The van der Waals surface area contributed by atoms with E-state index >= 15 is 0 Å². The molecule has 0 spiro atoms. The third kappa shape index (κ3) is 3.28. The van der Waals surface area contributed by atoms with Crippen molar-refractivity contribution in [3.63, 3.8) is 0 Å². The fourth-order valence-electron chi connectivity index (χ4n) is 2.15. The Bertz CT molecular complexity index is 976. The van der Waals surface area contributed by atoms with Crippen LogP contribution in [0.4, 0.5) is 10.5 Å². The molecule has 3 aromatic rings. The largest absolute Gasteiger partial charge is 0.545 e. The van der Waals surface area contributed by atoms with Crippen LogP contribution in [-0.2, 0) is 7.05 Å². The summed E-state index contributed by atoms with van der Waals surface area (Å²) in [6.07, 6.45) is 0. The normalized spacial score (nSPS) is 11.5. The van der Waals surface area contributed by atoms with Crippen molar-refractivity contribution < 1.29 is 14.7 Å². The average molecular weight is 341 g/mol. The predicted octanol–water partition coefficient (Wildman–Crippen LogP) is 1.24. The number of hydrogen-bond donors (Lipinski definition) is 2. The van der Waals surface area contributed by atoms with E-state index in [2.05, 4.69) is 15.8 Å². The van der Waals surface area contributed by atoms with Crippen molar-refractivity contribution in [1.29, 1.82) is 0 Å². The SMILES string of the molecule is Cn1c(=NNC(=O)Nc2ccccc2)sc2cc(C(=O)[O-])ccc21. The van der Waals surface area contributed by atoms with E-state index in [4.69, 9.17) is 0 Å². The maximum atomic E-state index is 11.8. The molecule has 2 N–H and O–H groups in total. The van der Waals surface area contributed by atoms with Crippen LogP contribution in [0.15, 0.2) is 53.6 Å². The molecule has 0 aliphatic rings. The molecule has 0 aliphatic carbocycles. The zero-order valence-electron chi connectivity index (χ0n) is 12.6. The summed E-state index contributed by atoms with van der Waals surface area (Å²) in [6.45, 7) is 0. The second-order valence-corrected chi connectivity index (χ2v) is 5.97. The number of carbonyl (C=O) groups is 2. The van der Waals surface area contributed by atoms with Gasteiger partial charge in [0, 0.05) is 12.7 Å². The molecule has 3 rings (SSSR count). The van der Waals surface area contributed by atoms with Gasteiger partial charge in [-0.2, -0.15) is 0 Å². The monoisotopic (exact) mass is 341 g/mol. The number of amides is 2. The van der Waals surface area contributed by atoms with Gasteiger partial charge in [-0.15, -0.1) is 5.10 Å². The Labute approximate surface area is 140 Å². The van der Waals surface area contributed by atoms with Crippen LogP contribution in [0, 0.1) is 0 Å². The number of nitrogens with one attached hydrogen (secondary N) is 2. The zero-order chi connectivity index (χ0) is 17.1. The summed E-state index contributed by atoms with van der Waals surface area (Å²) in [5.74, 6) is -1.23. The number of aryl methyl sites for hydroxylation is 1. The first kappa shape index (κ1) is 15.8. The Morgan fingerprint density at radius 3 is 2.62 bits per heavy atom. The first-order valence-corrected chi connectivity index (χ1v) is 7.83. The lowest BCUT2D eigenvalue weighted by atomic mass is 10.2. The Balaban J connectivity index is 1.83. The highest BCUT2D eigenvalue weighted by Gasteiger charge is 2.05. The summed E-state index contributed by atoms with van der Waals surface area (Å²) < 4.78 is 2.50. The summed E-state index contributed by atoms with van der Waals surface area (Å²) >= 11 is 1.27. The molecule has 24 heavy (non-hydrogen) atoms. The number of fused-ring (bicyclic) bond motifs is 1. The number of thiazole rings is 1. The van der Waals surface area contributed by atoms with Gasteiger partial charge in [0.25, 0.3) is 0 Å². The number of carboxylic acid groups (broad SMARTS) is 1. The molecule has 8 heteroatoms. The standard InChI is InChI=1S/C16H14N4O3S/c1-20-12-8-7-10(14(21)22)9-13(12)24-16(20)19-18-15(23)17-11-5-3-2-4-6-11/h2-9H,1H3,(H,21,22)(H2,17,18,23)/p-1. The fraction of sp³-hybridized carbons (Fsp3) is 0.0625. The lowest BCUT2D eigenvalue weighted by Gasteiger charge is -2.03. The molecule has 1 heterocycles. The summed E-state index contributed by atoms with van der Waals surface area (Å²) in [7, 11) is 1.78. The molecule has 7 nitrogen and oxygen atoms in total. The number of rotatable bonds is 3. The second-order valence-electron chi connectivity index (χ2n) is 4.96. The number of benzene rings is 2. The van der Waals surface area contributed by atoms with E-state index in [-0.39, 0.29) is 5.56 Å². The van der Waals surface area contributed by atoms with Crippen LogP contribution >= 0.6 is 11.3 Å². The minimum atomic E-state index is -1.23. The van der Waals surface area contributed by atoms with Crippen molar-refractivity contribution >= 4 is 39.2 Å². The van der Waals surface area contributed by atoms with E-state index in [9.17, 15) is 14.7 Å². The Morgan fingerprint density at radius 1 is 1.17 bits per heavy atom. The van der Waals surface area contributed by atoms with Gasteiger partial charge in [0.2, 0.25) is 4.80 Å². The van der Waals surface area contributed by atoms with E-state index < -0.39 is 12.0 Å². The quantitative estimate of drug-likeness (QED) is 0.701. The number of nitrogens with zero attached hydrogens (tertiary/aromatic N) is 2. The van der Waals surface area contributed by atoms with E-state index in [1.165, 1.54) is 23.5 Å². The molecular formula is C16H13N4O3S-. The number of hydrogen-bond acceptors (Lipinski definition) is 5. The maximum absolute atomic E-state index is 11.8. The van der Waals surface area contributed by atoms with Crippen molar-refractivity contribution in [3.8, 4) is 0 Å². The number of carboxylic acids is 1. The Hall–Kier alpha value is -3.13. The molecule has 0 unspecified atom stereocenters. The van der Waals surface area contributed by atoms with Crippen LogP contribution in [0.25, 0.3) is 10.2 Å². The summed E-state index contributed by atoms with van der Waals surface area (Å²) in [5, 5.41) is 17.6. The maximum Gasteiger partial charge on any atom is 0.339 e. The fourth-order valence-corrected chi connectivity index (χ4v) is 3.17. The minimum absolute atomic E-state index is 0.102. The van der Waals surface area contributed by atoms with Gasteiger partial charge in [-0.1, -0.05) is 35.6 Å². The molecule has 0 fully saturated rings. The highest BCUT2D eigenvalue weighted by atomic mass is 32.1. The van der Waals surface area contributed by atoms with Crippen molar-refractivity contribution in [3.05, 3.63) is 58.9 Å². The third-order valence-corrected chi connectivity index (χ3v) is 4.42. The molecule has 0 atom stereocenters. The molecule has 0 bridgehead atoms. The van der Waals surface area contributed by atoms with Crippen molar-refractivity contribution in [2.24, 2.45) is 12.1 Å². The number of carbonyl (C=O) groups excluding carboxylic acids is 2. The van der Waals surface area contributed by atoms with Crippen molar-refractivity contribution in [2.45, 2.75) is 0 Å². The Kier molecular flexibility index (Phi) is 4.30. The van der Waals surface area contributed by atoms with Crippen LogP contribution in [-0.4, -0.2) is 16.6 Å². The van der Waals surface area contributed by atoms with Crippen LogP contribution in [0.3, 0.4) is 0 Å². The van der Waals surface area contributed by atoms with Crippen molar-refractivity contribution in [2.75, 3.05) is 5.32 Å². The van der Waals surface area contributed by atoms with Gasteiger partial charge in [-0.05, 0) is 29.8 Å². The smallest absolute Gasteiger partial charge is 0.339 e. The summed E-state index contributed by atoms with van der Waals surface area (Å²) in [6, 6.07) is 13.2. The molecule has 0 aliphatic heterocycles. The molecule has 0 radical (unpaired) electrons. The number of anilines is 1. The Morgan fingerprint density at radius 2 is 1.92 bits per heavy atom. The van der Waals surface area contributed by atoms with Crippen LogP contribution in [0.1, 0.15) is 10.4 Å². The second kappa shape index (κ2) is 6.55. The minimum Gasteiger partial charge on any atom is -0.545 e. The zero-order valence-corrected chi connectivity index (χ0v) is 13.5. The summed E-state index contributed by atoms with van der Waals surface area (Å²) in [4.78, 5) is 23.3. The van der Waals surface area contributed by atoms with Gasteiger partial charge >= 0.3 is 6.03 Å². The lowest BCUT2D eigenvalue weighted by Crippen LogP contribution is -2.27. The lowest BCUT2D eigenvalue weighted by molar-refractivity contribution is -0.255. The molecular weight excluding hydrogens is 328 g/mol. The highest BCUT2D eigenvalue weighted by Crippen LogP contribution is 2.18. The third-order valence-electron chi connectivity index (χ3n) is 3.33. The van der Waals surface area contributed by atoms with E-state index in [1.54, 1.807) is 29.8 Å². The van der Waals surface area contributed by atoms with Crippen LogP contribution in [0.5, 0.6) is 0 Å². The van der Waals surface area contributed by atoms with E-state index in [0.29, 0.717) is 10.5 Å². The first-order valence-electron chi connectivity index (χ1n) is 7.01. The molecule has 2 aromatic carbocycles. The van der Waals surface area contributed by atoms with Gasteiger partial charge in [0.05, 0.1) is 16.2 Å². The number of aromatic carboxylic acids is 1. The van der Waals surface area contributed by atoms with Crippen LogP contribution < -0.4 is 20.7 Å². The van der Waals surface area contributed by atoms with Gasteiger partial charge in [-0.25, -0.2) is 10.2 Å². The molecule has 122 valence electrons. The van der Waals surface area contributed by atoms with Gasteiger partial charge in [0.1, 0.15) is 0 Å². The number of urea groups is 1. The molecule has 2 amide bonds. The van der Waals surface area contributed by atoms with Gasteiger partial charge < -0.3 is 19.8 Å². The molecule has 0 saturated carbocycles. The van der Waals surface area contributed by atoms with E-state index in [0.717, 1.165) is 10.2 Å². The first-order chi connectivity index (χ1) is 11.5. The van der Waals surface area contributed by atoms with Gasteiger partial charge in [0.15, 0.2) is 0 Å². The van der Waals surface area contributed by atoms with E-state index in [1.807, 2.05) is 18.2 Å². The predicted molar refractivity (Wildman–Crippen MR) is 89.3 cm³/mol. The van der Waals surface area contributed by atoms with Gasteiger partial charge in [-0.3, -0.25) is 0 Å². The topological polar surface area (TPSA) is 98.6 Å². The highest BCUT2D eigenvalue weighted by molar-refractivity contribution is 7.16. The molecule has 0 saturated heterocycles. The van der Waals surface area contributed by atoms with Crippen LogP contribution in [0.2, 0.25) is 0 Å². The average Bonchev–Trinajstić information content (AvgIpc) is 2.89. The van der Waals surface area contributed by atoms with Crippen molar-refractivity contribution in [1.82, 2.24) is 9.99 Å². The molecule has 1 aromatic heterocycles. The summed E-state index contributed by atoms with van der Waals surface area (Å²) in [5.41, 5.74) is 4.00.